The second kappa shape index (κ2) is 5.57. The molecule has 0 bridgehead atoms. The summed E-state index contributed by atoms with van der Waals surface area (Å²) >= 11 is 0. The first-order valence-corrected chi connectivity index (χ1v) is 7.73. The number of aromatic nitrogens is 2. The number of sulfonamides is 1. The number of rotatable bonds is 5. The van der Waals surface area contributed by atoms with Gasteiger partial charge in [0.1, 0.15) is 5.82 Å². The number of aromatic carboxylic acids is 1. The van der Waals surface area contributed by atoms with Crippen LogP contribution in [-0.4, -0.2) is 29.5 Å². The van der Waals surface area contributed by atoms with Crippen LogP contribution in [0.2, 0.25) is 0 Å². The maximum atomic E-state index is 12.2. The molecule has 3 N–H and O–H groups in total. The normalized spacial score (nSPS) is 11.3. The first-order valence-electron chi connectivity index (χ1n) is 6.24. The van der Waals surface area contributed by atoms with Crippen LogP contribution in [0.25, 0.3) is 0 Å². The Labute approximate surface area is 122 Å². The Hall–Kier alpha value is -2.35. The van der Waals surface area contributed by atoms with Gasteiger partial charge in [-0.3, -0.25) is 4.72 Å². The van der Waals surface area contributed by atoms with Gasteiger partial charge in [-0.2, -0.15) is 8.42 Å². The third-order valence-corrected chi connectivity index (χ3v) is 4.24. The molecule has 8 heteroatoms. The van der Waals surface area contributed by atoms with Gasteiger partial charge in [0.2, 0.25) is 0 Å². The number of benzene rings is 1. The van der Waals surface area contributed by atoms with Gasteiger partial charge < -0.3 is 10.1 Å². The highest BCUT2D eigenvalue weighted by Gasteiger charge is 2.21. The Kier molecular flexibility index (Phi) is 3.99. The fraction of sp³-hybridized carbons (Fsp3) is 0.231. The smallest absolute Gasteiger partial charge is 0.338 e. The van der Waals surface area contributed by atoms with E-state index >= 15 is 0 Å². The van der Waals surface area contributed by atoms with E-state index in [0.29, 0.717) is 17.8 Å². The number of aryl methyl sites for hydroxylation is 2. The second-order valence-corrected chi connectivity index (χ2v) is 6.11. The van der Waals surface area contributed by atoms with E-state index in [0.717, 1.165) is 0 Å². The van der Waals surface area contributed by atoms with Crippen molar-refractivity contribution in [1.82, 2.24) is 9.97 Å². The molecule has 0 aliphatic rings. The molecule has 0 amide bonds. The Morgan fingerprint density at radius 3 is 2.71 bits per heavy atom. The Morgan fingerprint density at radius 2 is 2.14 bits per heavy atom. The first-order chi connectivity index (χ1) is 9.85. The molecule has 2 aromatic rings. The number of hydrogen-bond acceptors (Lipinski definition) is 4. The van der Waals surface area contributed by atoms with Crippen molar-refractivity contribution in [2.24, 2.45) is 0 Å². The zero-order chi connectivity index (χ0) is 15.6. The van der Waals surface area contributed by atoms with Crippen LogP contribution in [-0.2, 0) is 16.4 Å². The van der Waals surface area contributed by atoms with E-state index < -0.39 is 16.0 Å². The van der Waals surface area contributed by atoms with Crippen LogP contribution in [0.15, 0.2) is 29.4 Å². The van der Waals surface area contributed by atoms with Gasteiger partial charge in [-0.1, -0.05) is 19.1 Å². The summed E-state index contributed by atoms with van der Waals surface area (Å²) in [6.45, 7) is 3.44. The molecule has 7 nitrogen and oxygen atoms in total. The first kappa shape index (κ1) is 15.0. The minimum atomic E-state index is -3.91. The van der Waals surface area contributed by atoms with Crippen molar-refractivity contribution >= 4 is 21.7 Å². The molecule has 0 saturated heterocycles. The molecule has 0 unspecified atom stereocenters. The van der Waals surface area contributed by atoms with Gasteiger partial charge in [-0.25, -0.2) is 9.78 Å². The lowest BCUT2D eigenvalue weighted by Crippen LogP contribution is -2.16. The van der Waals surface area contributed by atoms with E-state index in [4.69, 9.17) is 0 Å². The summed E-state index contributed by atoms with van der Waals surface area (Å²) < 4.78 is 26.8. The van der Waals surface area contributed by atoms with Crippen molar-refractivity contribution in [2.45, 2.75) is 25.3 Å². The molecule has 112 valence electrons. The summed E-state index contributed by atoms with van der Waals surface area (Å²) in [6, 6.07) is 4.60. The van der Waals surface area contributed by atoms with Gasteiger partial charge in [0.25, 0.3) is 10.0 Å². The third kappa shape index (κ3) is 3.05. The van der Waals surface area contributed by atoms with Gasteiger partial charge in [-0.05, 0) is 18.6 Å². The summed E-state index contributed by atoms with van der Waals surface area (Å²) in [5, 5.41) is 9.10. The monoisotopic (exact) mass is 309 g/mol. The Bertz CT molecular complexity index is 780. The number of carboxylic acid groups (broad SMARTS) is 1. The molecule has 0 aliphatic carbocycles. The number of carbonyl (C=O) groups is 1. The summed E-state index contributed by atoms with van der Waals surface area (Å²) in [4.78, 5) is 17.9. The van der Waals surface area contributed by atoms with Crippen molar-refractivity contribution in [3.63, 3.8) is 0 Å². The lowest BCUT2D eigenvalue weighted by atomic mass is 10.1. The van der Waals surface area contributed by atoms with E-state index in [1.54, 1.807) is 19.1 Å². The van der Waals surface area contributed by atoms with Crippen molar-refractivity contribution in [3.05, 3.63) is 41.3 Å². The van der Waals surface area contributed by atoms with Gasteiger partial charge in [0, 0.05) is 6.42 Å². The number of imidazole rings is 1. The van der Waals surface area contributed by atoms with Crippen LogP contribution in [0.4, 0.5) is 5.69 Å². The van der Waals surface area contributed by atoms with Crippen molar-refractivity contribution in [1.29, 1.82) is 0 Å². The van der Waals surface area contributed by atoms with Crippen LogP contribution in [0.1, 0.15) is 28.7 Å². The van der Waals surface area contributed by atoms with E-state index in [1.807, 2.05) is 6.92 Å². The molecule has 1 aromatic heterocycles. The summed E-state index contributed by atoms with van der Waals surface area (Å²) in [5.41, 5.74) is 0.424. The highest BCUT2D eigenvalue weighted by atomic mass is 32.2. The molecule has 0 radical (unpaired) electrons. The highest BCUT2D eigenvalue weighted by molar-refractivity contribution is 7.92. The van der Waals surface area contributed by atoms with Crippen LogP contribution >= 0.6 is 0 Å². The summed E-state index contributed by atoms with van der Waals surface area (Å²) in [5.74, 6) is -0.650. The average Bonchev–Trinajstić information content (AvgIpc) is 2.87. The molecule has 0 fully saturated rings. The largest absolute Gasteiger partial charge is 0.478 e. The Morgan fingerprint density at radius 1 is 1.43 bits per heavy atom. The highest BCUT2D eigenvalue weighted by Crippen LogP contribution is 2.22. The van der Waals surface area contributed by atoms with Crippen molar-refractivity contribution in [3.8, 4) is 0 Å². The number of carboxylic acids is 1. The van der Waals surface area contributed by atoms with E-state index in [9.17, 15) is 18.3 Å². The number of hydrogen-bond donors (Lipinski definition) is 3. The number of aromatic amines is 1. The summed E-state index contributed by atoms with van der Waals surface area (Å²) in [7, 11) is -3.91. The standard InChI is InChI=1S/C13H15N3O4S/c1-3-10-14-7-11(15-10)21(19,20)16-9-6-4-5-8(2)12(9)13(17)18/h4-7,16H,3H2,1-2H3,(H,14,15)(H,17,18). The topological polar surface area (TPSA) is 112 Å². The molecular formula is C13H15N3O4S. The van der Waals surface area contributed by atoms with Crippen molar-refractivity contribution < 1.29 is 18.3 Å². The molecule has 2 rings (SSSR count). The van der Waals surface area contributed by atoms with E-state index in [2.05, 4.69) is 14.7 Å². The maximum absolute atomic E-state index is 12.2. The average molecular weight is 309 g/mol. The van der Waals surface area contributed by atoms with Crippen LogP contribution in [0, 0.1) is 6.92 Å². The van der Waals surface area contributed by atoms with Crippen molar-refractivity contribution in [2.75, 3.05) is 4.72 Å². The summed E-state index contributed by atoms with van der Waals surface area (Å²) in [6.07, 6.45) is 1.78. The molecular weight excluding hydrogens is 294 g/mol. The van der Waals surface area contributed by atoms with Gasteiger partial charge in [-0.15, -0.1) is 0 Å². The lowest BCUT2D eigenvalue weighted by Gasteiger charge is -2.11. The fourth-order valence-electron chi connectivity index (χ4n) is 1.90. The second-order valence-electron chi connectivity index (χ2n) is 4.46. The molecule has 0 saturated carbocycles. The third-order valence-electron chi connectivity index (χ3n) is 2.96. The van der Waals surface area contributed by atoms with Gasteiger partial charge in [0.05, 0.1) is 17.4 Å². The molecule has 0 aliphatic heterocycles. The van der Waals surface area contributed by atoms with Gasteiger partial charge in [0.15, 0.2) is 5.03 Å². The quantitative estimate of drug-likeness (QED) is 0.779. The molecule has 0 spiro atoms. The predicted molar refractivity (Wildman–Crippen MR) is 76.9 cm³/mol. The van der Waals surface area contributed by atoms with Crippen LogP contribution in [0.3, 0.4) is 0 Å². The SMILES string of the molecule is CCc1ncc(S(=O)(=O)Nc2cccc(C)c2C(=O)O)[nH]1. The van der Waals surface area contributed by atoms with E-state index in [-0.39, 0.29) is 16.3 Å². The number of H-pyrrole nitrogens is 1. The molecule has 21 heavy (non-hydrogen) atoms. The fourth-order valence-corrected chi connectivity index (χ4v) is 2.91. The Balaban J connectivity index is 2.42. The maximum Gasteiger partial charge on any atom is 0.338 e. The zero-order valence-electron chi connectivity index (χ0n) is 11.5. The number of nitrogens with one attached hydrogen (secondary N) is 2. The lowest BCUT2D eigenvalue weighted by molar-refractivity contribution is 0.0697. The molecule has 1 heterocycles. The predicted octanol–water partition coefficient (Wildman–Crippen LogP) is 1.78. The number of anilines is 1. The van der Waals surface area contributed by atoms with Crippen LogP contribution < -0.4 is 4.72 Å². The zero-order valence-corrected chi connectivity index (χ0v) is 12.4. The minimum absolute atomic E-state index is 0.0233. The minimum Gasteiger partial charge on any atom is -0.478 e. The molecule has 0 atom stereocenters. The van der Waals surface area contributed by atoms with Crippen LogP contribution in [0.5, 0.6) is 0 Å². The number of nitrogens with zero attached hydrogens (tertiary/aromatic N) is 1. The van der Waals surface area contributed by atoms with E-state index in [1.165, 1.54) is 12.3 Å². The van der Waals surface area contributed by atoms with Gasteiger partial charge >= 0.3 is 5.97 Å². The molecule has 1 aromatic carbocycles.